The second-order valence-corrected chi connectivity index (χ2v) is 5.63. The molecular formula is C15H19F2NO3. The molecule has 1 aliphatic carbocycles. The summed E-state index contributed by atoms with van der Waals surface area (Å²) in [5.74, 6) is -0.257. The number of hydrogen-bond acceptors (Lipinski definition) is 3. The van der Waals surface area contributed by atoms with Gasteiger partial charge in [0.25, 0.3) is 5.91 Å². The minimum absolute atomic E-state index is 0.0163. The predicted octanol–water partition coefficient (Wildman–Crippen LogP) is 2.57. The first-order valence-electron chi connectivity index (χ1n) is 6.91. The quantitative estimate of drug-likeness (QED) is 0.878. The van der Waals surface area contributed by atoms with E-state index in [-0.39, 0.29) is 29.7 Å². The molecule has 2 rings (SSSR count). The Morgan fingerprint density at radius 1 is 1.48 bits per heavy atom. The van der Waals surface area contributed by atoms with Gasteiger partial charge >= 0.3 is 6.61 Å². The van der Waals surface area contributed by atoms with E-state index in [0.29, 0.717) is 5.56 Å². The molecule has 6 heteroatoms. The van der Waals surface area contributed by atoms with Crippen molar-refractivity contribution in [2.24, 2.45) is 5.41 Å². The number of carbonyl (C=O) groups is 1. The van der Waals surface area contributed by atoms with Crippen molar-refractivity contribution in [3.05, 3.63) is 29.8 Å². The first-order valence-corrected chi connectivity index (χ1v) is 6.91. The highest BCUT2D eigenvalue weighted by Crippen LogP contribution is 2.37. The van der Waals surface area contributed by atoms with E-state index in [1.807, 2.05) is 6.92 Å². The first-order chi connectivity index (χ1) is 9.94. The number of rotatable bonds is 5. The van der Waals surface area contributed by atoms with Gasteiger partial charge < -0.3 is 15.2 Å². The molecule has 1 saturated carbocycles. The van der Waals surface area contributed by atoms with Gasteiger partial charge in [0.2, 0.25) is 0 Å². The molecule has 1 aliphatic rings. The normalized spacial score (nSPS) is 25.1. The molecule has 2 unspecified atom stereocenters. The largest absolute Gasteiger partial charge is 0.435 e. The van der Waals surface area contributed by atoms with Crippen molar-refractivity contribution in [3.8, 4) is 5.75 Å². The molecule has 2 N–H and O–H groups in total. The van der Waals surface area contributed by atoms with Crippen LogP contribution in [-0.2, 0) is 0 Å². The maximum Gasteiger partial charge on any atom is 0.387 e. The number of carbonyl (C=O) groups excluding carboxylic acids is 1. The van der Waals surface area contributed by atoms with Crippen LogP contribution in [0.1, 0.15) is 36.5 Å². The fourth-order valence-corrected chi connectivity index (χ4v) is 2.70. The molecule has 1 fully saturated rings. The van der Waals surface area contributed by atoms with Crippen molar-refractivity contribution in [1.82, 2.24) is 5.32 Å². The SMILES string of the molecule is CC1(CO)CCCC1NC(=O)c1ccc(OC(F)F)cc1. The van der Waals surface area contributed by atoms with Gasteiger partial charge in [0.1, 0.15) is 5.75 Å². The number of benzene rings is 1. The Kier molecular flexibility index (Phi) is 4.77. The zero-order valence-corrected chi connectivity index (χ0v) is 11.8. The summed E-state index contributed by atoms with van der Waals surface area (Å²) in [5, 5.41) is 12.4. The van der Waals surface area contributed by atoms with Crippen molar-refractivity contribution >= 4 is 5.91 Å². The van der Waals surface area contributed by atoms with Crippen LogP contribution in [0.2, 0.25) is 0 Å². The zero-order chi connectivity index (χ0) is 15.5. The van der Waals surface area contributed by atoms with Crippen LogP contribution in [0.5, 0.6) is 5.75 Å². The topological polar surface area (TPSA) is 58.6 Å². The van der Waals surface area contributed by atoms with Crippen LogP contribution in [-0.4, -0.2) is 30.3 Å². The van der Waals surface area contributed by atoms with Crippen molar-refractivity contribution < 1.29 is 23.4 Å². The molecule has 116 valence electrons. The van der Waals surface area contributed by atoms with Gasteiger partial charge in [-0.2, -0.15) is 8.78 Å². The molecule has 21 heavy (non-hydrogen) atoms. The van der Waals surface area contributed by atoms with E-state index in [0.717, 1.165) is 19.3 Å². The molecule has 0 saturated heterocycles. The standard InChI is InChI=1S/C15H19F2NO3/c1-15(9-19)8-2-3-12(15)18-13(20)10-4-6-11(7-5-10)21-14(16)17/h4-7,12,14,19H,2-3,8-9H2,1H3,(H,18,20). The van der Waals surface area contributed by atoms with E-state index in [1.54, 1.807) is 0 Å². The van der Waals surface area contributed by atoms with Crippen LogP contribution in [0.3, 0.4) is 0 Å². The maximum atomic E-state index is 12.2. The molecule has 0 radical (unpaired) electrons. The molecule has 1 aromatic carbocycles. The molecule has 1 amide bonds. The summed E-state index contributed by atoms with van der Waals surface area (Å²) in [5.41, 5.74) is 0.0813. The monoisotopic (exact) mass is 299 g/mol. The minimum Gasteiger partial charge on any atom is -0.435 e. The van der Waals surface area contributed by atoms with E-state index in [9.17, 15) is 18.7 Å². The lowest BCUT2D eigenvalue weighted by Crippen LogP contribution is -2.44. The Bertz CT molecular complexity index is 492. The van der Waals surface area contributed by atoms with E-state index in [1.165, 1.54) is 24.3 Å². The smallest absolute Gasteiger partial charge is 0.387 e. The van der Waals surface area contributed by atoms with Crippen LogP contribution in [0.15, 0.2) is 24.3 Å². The highest BCUT2D eigenvalue weighted by Gasteiger charge is 2.39. The van der Waals surface area contributed by atoms with Gasteiger partial charge in [-0.05, 0) is 37.1 Å². The second-order valence-electron chi connectivity index (χ2n) is 5.63. The van der Waals surface area contributed by atoms with E-state index < -0.39 is 6.61 Å². The van der Waals surface area contributed by atoms with Gasteiger partial charge in [0.05, 0.1) is 6.61 Å². The maximum absolute atomic E-state index is 12.2. The Morgan fingerprint density at radius 2 is 2.14 bits per heavy atom. The molecule has 2 atom stereocenters. The highest BCUT2D eigenvalue weighted by atomic mass is 19.3. The lowest BCUT2D eigenvalue weighted by molar-refractivity contribution is -0.0498. The number of ether oxygens (including phenoxy) is 1. The Labute approximate surface area is 122 Å². The fraction of sp³-hybridized carbons (Fsp3) is 0.533. The van der Waals surface area contributed by atoms with Gasteiger partial charge in [0.15, 0.2) is 0 Å². The average molecular weight is 299 g/mol. The molecule has 0 aliphatic heterocycles. The number of hydrogen-bond donors (Lipinski definition) is 2. The minimum atomic E-state index is -2.88. The Morgan fingerprint density at radius 3 is 2.71 bits per heavy atom. The summed E-state index contributed by atoms with van der Waals surface area (Å²) in [6.45, 7) is -0.905. The molecule has 1 aromatic rings. The summed E-state index contributed by atoms with van der Waals surface area (Å²) in [6, 6.07) is 5.48. The first kappa shape index (κ1) is 15.7. The number of halogens is 2. The van der Waals surface area contributed by atoms with E-state index in [2.05, 4.69) is 10.1 Å². The lowest BCUT2D eigenvalue weighted by atomic mass is 9.85. The van der Waals surface area contributed by atoms with Gasteiger partial charge in [-0.25, -0.2) is 0 Å². The third-order valence-electron chi connectivity index (χ3n) is 4.09. The van der Waals surface area contributed by atoms with Gasteiger partial charge in [-0.15, -0.1) is 0 Å². The summed E-state index contributed by atoms with van der Waals surface area (Å²) in [4.78, 5) is 12.2. The Balaban J connectivity index is 2.00. The summed E-state index contributed by atoms with van der Waals surface area (Å²) >= 11 is 0. The Hall–Kier alpha value is -1.69. The third-order valence-corrected chi connectivity index (χ3v) is 4.09. The zero-order valence-electron chi connectivity index (χ0n) is 11.8. The van der Waals surface area contributed by atoms with E-state index in [4.69, 9.17) is 0 Å². The van der Waals surface area contributed by atoms with Crippen LogP contribution >= 0.6 is 0 Å². The summed E-state index contributed by atoms with van der Waals surface area (Å²) < 4.78 is 28.3. The van der Waals surface area contributed by atoms with Crippen molar-refractivity contribution in [2.45, 2.75) is 38.8 Å². The number of aliphatic hydroxyl groups excluding tert-OH is 1. The van der Waals surface area contributed by atoms with Crippen LogP contribution in [0, 0.1) is 5.41 Å². The van der Waals surface area contributed by atoms with Crippen molar-refractivity contribution in [2.75, 3.05) is 6.61 Å². The van der Waals surface area contributed by atoms with Crippen molar-refractivity contribution in [3.63, 3.8) is 0 Å². The molecule has 0 spiro atoms. The van der Waals surface area contributed by atoms with Crippen LogP contribution < -0.4 is 10.1 Å². The number of nitrogens with one attached hydrogen (secondary N) is 1. The van der Waals surface area contributed by atoms with Gasteiger partial charge in [-0.3, -0.25) is 4.79 Å². The number of aliphatic hydroxyl groups is 1. The number of alkyl halides is 2. The molecule has 4 nitrogen and oxygen atoms in total. The van der Waals surface area contributed by atoms with Gasteiger partial charge in [-0.1, -0.05) is 13.3 Å². The molecular weight excluding hydrogens is 280 g/mol. The van der Waals surface area contributed by atoms with Crippen LogP contribution in [0.4, 0.5) is 8.78 Å². The predicted molar refractivity (Wildman–Crippen MR) is 73.4 cm³/mol. The van der Waals surface area contributed by atoms with Crippen LogP contribution in [0.25, 0.3) is 0 Å². The lowest BCUT2D eigenvalue weighted by Gasteiger charge is -2.30. The summed E-state index contributed by atoms with van der Waals surface area (Å²) in [7, 11) is 0. The molecule has 0 aromatic heterocycles. The highest BCUT2D eigenvalue weighted by molar-refractivity contribution is 5.94. The van der Waals surface area contributed by atoms with Crippen molar-refractivity contribution in [1.29, 1.82) is 0 Å². The fourth-order valence-electron chi connectivity index (χ4n) is 2.70. The second kappa shape index (κ2) is 6.39. The van der Waals surface area contributed by atoms with E-state index >= 15 is 0 Å². The summed E-state index contributed by atoms with van der Waals surface area (Å²) in [6.07, 6.45) is 2.66. The third kappa shape index (κ3) is 3.69. The molecule has 0 bridgehead atoms. The van der Waals surface area contributed by atoms with Gasteiger partial charge in [0, 0.05) is 17.0 Å². The number of amides is 1. The molecule has 0 heterocycles. The average Bonchev–Trinajstić information content (AvgIpc) is 2.81.